The molecule has 1 aliphatic heterocycles. The van der Waals surface area contributed by atoms with Crippen molar-refractivity contribution in [3.8, 4) is 0 Å². The number of amides is 1. The highest BCUT2D eigenvalue weighted by Crippen LogP contribution is 2.25. The zero-order valence-corrected chi connectivity index (χ0v) is 13.5. The molecule has 1 aromatic rings. The van der Waals surface area contributed by atoms with Gasteiger partial charge >= 0.3 is 5.97 Å². The molecule has 1 fully saturated rings. The van der Waals surface area contributed by atoms with Crippen LogP contribution in [0, 0.1) is 10.5 Å². The molecular formula is C14H16INO4. The van der Waals surface area contributed by atoms with Crippen LogP contribution in [0.1, 0.15) is 22.3 Å². The predicted octanol–water partition coefficient (Wildman–Crippen LogP) is 1.91. The van der Waals surface area contributed by atoms with Crippen molar-refractivity contribution in [2.24, 2.45) is 0 Å². The number of halogens is 1. The van der Waals surface area contributed by atoms with Crippen LogP contribution in [0.3, 0.4) is 0 Å². The number of carboxylic acids is 1. The number of aliphatic carboxylic acids is 1. The molecule has 0 saturated carbocycles. The molecule has 5 nitrogen and oxygen atoms in total. The minimum absolute atomic E-state index is 0.220. The maximum Gasteiger partial charge on any atom is 0.326 e. The lowest BCUT2D eigenvalue weighted by Crippen LogP contribution is -2.41. The fourth-order valence-electron chi connectivity index (χ4n) is 2.39. The first-order chi connectivity index (χ1) is 9.45. The van der Waals surface area contributed by atoms with Crippen LogP contribution in [0.2, 0.25) is 0 Å². The monoisotopic (exact) mass is 389 g/mol. The summed E-state index contributed by atoms with van der Waals surface area (Å²) in [7, 11) is 1.54. The van der Waals surface area contributed by atoms with Gasteiger partial charge in [-0.05, 0) is 41.1 Å². The molecule has 0 radical (unpaired) electrons. The van der Waals surface area contributed by atoms with Crippen LogP contribution < -0.4 is 0 Å². The minimum Gasteiger partial charge on any atom is -0.480 e. The number of benzene rings is 1. The van der Waals surface area contributed by atoms with E-state index in [-0.39, 0.29) is 12.0 Å². The third kappa shape index (κ3) is 2.80. The molecule has 0 spiro atoms. The van der Waals surface area contributed by atoms with Crippen LogP contribution in [0.5, 0.6) is 0 Å². The first-order valence-electron chi connectivity index (χ1n) is 6.27. The van der Waals surface area contributed by atoms with Crippen LogP contribution in [0.15, 0.2) is 18.2 Å². The third-order valence-corrected chi connectivity index (χ3v) is 5.00. The van der Waals surface area contributed by atoms with Gasteiger partial charge in [0.05, 0.1) is 11.7 Å². The van der Waals surface area contributed by atoms with Gasteiger partial charge in [-0.3, -0.25) is 4.79 Å². The summed E-state index contributed by atoms with van der Waals surface area (Å²) in [6, 6.07) is 4.65. The van der Waals surface area contributed by atoms with Crippen molar-refractivity contribution in [1.82, 2.24) is 4.90 Å². The van der Waals surface area contributed by atoms with E-state index in [2.05, 4.69) is 22.6 Å². The summed E-state index contributed by atoms with van der Waals surface area (Å²) >= 11 is 2.12. The van der Waals surface area contributed by atoms with Crippen molar-refractivity contribution >= 4 is 34.5 Å². The molecule has 2 rings (SSSR count). The van der Waals surface area contributed by atoms with Gasteiger partial charge in [0.25, 0.3) is 5.91 Å². The van der Waals surface area contributed by atoms with E-state index in [1.807, 2.05) is 19.1 Å². The van der Waals surface area contributed by atoms with Crippen LogP contribution in [-0.2, 0) is 9.53 Å². The zero-order chi connectivity index (χ0) is 14.9. The van der Waals surface area contributed by atoms with Gasteiger partial charge in [0.1, 0.15) is 6.04 Å². The fraction of sp³-hybridized carbons (Fsp3) is 0.429. The van der Waals surface area contributed by atoms with E-state index in [1.54, 1.807) is 6.07 Å². The van der Waals surface area contributed by atoms with E-state index >= 15 is 0 Å². The van der Waals surface area contributed by atoms with Gasteiger partial charge in [0, 0.05) is 23.6 Å². The molecule has 108 valence electrons. The highest BCUT2D eigenvalue weighted by atomic mass is 127. The molecule has 1 amide bonds. The molecule has 1 aliphatic rings. The van der Waals surface area contributed by atoms with Gasteiger partial charge < -0.3 is 14.7 Å². The summed E-state index contributed by atoms with van der Waals surface area (Å²) in [5.74, 6) is -1.23. The SMILES string of the molecule is COC1CC(C(=O)O)N(C(=O)c2cccc(C)c2I)C1. The molecule has 20 heavy (non-hydrogen) atoms. The van der Waals surface area contributed by atoms with Gasteiger partial charge in [-0.25, -0.2) is 4.79 Å². The number of carboxylic acid groups (broad SMARTS) is 1. The number of methoxy groups -OCH3 is 1. The topological polar surface area (TPSA) is 66.8 Å². The Morgan fingerprint density at radius 2 is 2.15 bits per heavy atom. The Kier molecular flexibility index (Phi) is 4.64. The summed E-state index contributed by atoms with van der Waals surface area (Å²) in [4.78, 5) is 25.3. The Balaban J connectivity index is 2.31. The average Bonchev–Trinajstić information content (AvgIpc) is 2.85. The van der Waals surface area contributed by atoms with Crippen molar-refractivity contribution in [1.29, 1.82) is 0 Å². The molecule has 0 bridgehead atoms. The van der Waals surface area contributed by atoms with Crippen LogP contribution in [0.4, 0.5) is 0 Å². The second kappa shape index (κ2) is 6.09. The number of hydrogen-bond acceptors (Lipinski definition) is 3. The summed E-state index contributed by atoms with van der Waals surface area (Å²) in [5, 5.41) is 9.27. The average molecular weight is 389 g/mol. The highest BCUT2D eigenvalue weighted by Gasteiger charge is 2.40. The maximum atomic E-state index is 12.6. The predicted molar refractivity (Wildman–Crippen MR) is 81.8 cm³/mol. The molecule has 1 heterocycles. The number of ether oxygens (including phenoxy) is 1. The van der Waals surface area contributed by atoms with Crippen LogP contribution >= 0.6 is 22.6 Å². The number of nitrogens with zero attached hydrogens (tertiary/aromatic N) is 1. The van der Waals surface area contributed by atoms with Crippen molar-refractivity contribution in [2.45, 2.75) is 25.5 Å². The molecule has 0 aliphatic carbocycles. The lowest BCUT2D eigenvalue weighted by atomic mass is 10.1. The summed E-state index contributed by atoms with van der Waals surface area (Å²) < 4.78 is 6.06. The molecule has 0 aromatic heterocycles. The number of rotatable bonds is 3. The maximum absolute atomic E-state index is 12.6. The third-order valence-electron chi connectivity index (χ3n) is 3.56. The van der Waals surface area contributed by atoms with Crippen molar-refractivity contribution in [2.75, 3.05) is 13.7 Å². The largest absolute Gasteiger partial charge is 0.480 e. The highest BCUT2D eigenvalue weighted by molar-refractivity contribution is 14.1. The summed E-state index contributed by atoms with van der Waals surface area (Å²) in [5.41, 5.74) is 1.56. The first-order valence-corrected chi connectivity index (χ1v) is 7.35. The number of aryl methyl sites for hydroxylation is 1. The smallest absolute Gasteiger partial charge is 0.326 e. The summed E-state index contributed by atoms with van der Waals surface area (Å²) in [6.07, 6.45) is 0.113. The normalized spacial score (nSPS) is 22.1. The molecular weight excluding hydrogens is 373 g/mol. The first kappa shape index (κ1) is 15.2. The molecule has 1 aromatic carbocycles. The standard InChI is InChI=1S/C14H16INO4/c1-8-4-3-5-10(12(8)15)13(17)16-7-9(20-2)6-11(16)14(18)19/h3-5,9,11H,6-7H2,1-2H3,(H,18,19). The van der Waals surface area contributed by atoms with E-state index in [1.165, 1.54) is 12.0 Å². The zero-order valence-electron chi connectivity index (χ0n) is 11.3. The van der Waals surface area contributed by atoms with E-state index in [0.717, 1.165) is 9.13 Å². The van der Waals surface area contributed by atoms with Gasteiger partial charge in [0.2, 0.25) is 0 Å². The van der Waals surface area contributed by atoms with E-state index in [4.69, 9.17) is 4.74 Å². The number of hydrogen-bond donors (Lipinski definition) is 1. The Hall–Kier alpha value is -1.15. The molecule has 6 heteroatoms. The van der Waals surface area contributed by atoms with E-state index < -0.39 is 12.0 Å². The van der Waals surface area contributed by atoms with Crippen LogP contribution in [-0.4, -0.2) is 47.7 Å². The van der Waals surface area contributed by atoms with Gasteiger partial charge in [-0.2, -0.15) is 0 Å². The summed E-state index contributed by atoms with van der Waals surface area (Å²) in [6.45, 7) is 2.24. The Labute approximate surface area is 131 Å². The second-order valence-electron chi connectivity index (χ2n) is 4.84. The Morgan fingerprint density at radius 1 is 1.45 bits per heavy atom. The van der Waals surface area contributed by atoms with E-state index in [9.17, 15) is 14.7 Å². The Morgan fingerprint density at radius 3 is 2.75 bits per heavy atom. The lowest BCUT2D eigenvalue weighted by Gasteiger charge is -2.22. The molecule has 1 saturated heterocycles. The van der Waals surface area contributed by atoms with Crippen LogP contribution in [0.25, 0.3) is 0 Å². The quantitative estimate of drug-likeness (QED) is 0.803. The fourth-order valence-corrected chi connectivity index (χ4v) is 2.98. The van der Waals surface area contributed by atoms with Gasteiger partial charge in [-0.15, -0.1) is 0 Å². The number of carbonyl (C=O) groups is 2. The van der Waals surface area contributed by atoms with Crippen molar-refractivity contribution in [3.63, 3.8) is 0 Å². The molecule has 2 unspecified atom stereocenters. The van der Waals surface area contributed by atoms with E-state index in [0.29, 0.717) is 18.5 Å². The second-order valence-corrected chi connectivity index (χ2v) is 5.92. The van der Waals surface area contributed by atoms with Gasteiger partial charge in [-0.1, -0.05) is 12.1 Å². The number of carbonyl (C=O) groups excluding carboxylic acids is 1. The molecule has 1 N–H and O–H groups in total. The number of likely N-dealkylation sites (tertiary alicyclic amines) is 1. The molecule has 2 atom stereocenters. The lowest BCUT2D eigenvalue weighted by molar-refractivity contribution is -0.141. The Bertz CT molecular complexity index is 546. The van der Waals surface area contributed by atoms with Crippen molar-refractivity contribution < 1.29 is 19.4 Å². The van der Waals surface area contributed by atoms with Gasteiger partial charge in [0.15, 0.2) is 0 Å². The van der Waals surface area contributed by atoms with Crippen molar-refractivity contribution in [3.05, 3.63) is 32.9 Å². The minimum atomic E-state index is -0.986.